The monoisotopic (exact) mass is 290 g/mol. The molecule has 0 saturated carbocycles. The van der Waals surface area contributed by atoms with Crippen molar-refractivity contribution in [1.82, 2.24) is 14.6 Å². The highest BCUT2D eigenvalue weighted by molar-refractivity contribution is 5.71. The Kier molecular flexibility index (Phi) is 4.45. The first-order valence-electron chi connectivity index (χ1n) is 7.23. The molecule has 1 N–H and O–H groups in total. The molecule has 0 radical (unpaired) electrons. The van der Waals surface area contributed by atoms with Crippen molar-refractivity contribution in [1.29, 1.82) is 0 Å². The van der Waals surface area contributed by atoms with Crippen LogP contribution in [0.25, 0.3) is 5.52 Å². The Balaban J connectivity index is 2.44. The molecule has 21 heavy (non-hydrogen) atoms. The average molecular weight is 290 g/mol. The molecular weight excluding hydrogens is 268 g/mol. The lowest BCUT2D eigenvalue weighted by atomic mass is 10.1. The summed E-state index contributed by atoms with van der Waals surface area (Å²) in [6.45, 7) is 8.69. The van der Waals surface area contributed by atoms with Crippen LogP contribution in [0.15, 0.2) is 18.5 Å². The van der Waals surface area contributed by atoms with Gasteiger partial charge in [0.25, 0.3) is 0 Å². The van der Waals surface area contributed by atoms with Gasteiger partial charge < -0.3 is 10.0 Å². The zero-order valence-corrected chi connectivity index (χ0v) is 12.9. The minimum atomic E-state index is -0.802. The number of aromatic nitrogens is 3. The summed E-state index contributed by atoms with van der Waals surface area (Å²) in [5, 5.41) is 13.5. The van der Waals surface area contributed by atoms with Crippen molar-refractivity contribution < 1.29 is 9.90 Å². The van der Waals surface area contributed by atoms with Crippen LogP contribution in [0.1, 0.15) is 45.7 Å². The second-order valence-electron chi connectivity index (χ2n) is 5.74. The second kappa shape index (κ2) is 6.11. The number of carbonyl (C=O) groups is 1. The van der Waals surface area contributed by atoms with Crippen molar-refractivity contribution in [2.75, 3.05) is 11.4 Å². The third-order valence-corrected chi connectivity index (χ3v) is 3.44. The SMILES string of the molecule is CC(C)c1cc2c(N(CCC(=O)O)C(C)C)nccn2n1. The minimum Gasteiger partial charge on any atom is -0.481 e. The van der Waals surface area contributed by atoms with Crippen LogP contribution in [-0.4, -0.2) is 38.3 Å². The van der Waals surface area contributed by atoms with E-state index in [1.165, 1.54) is 0 Å². The maximum atomic E-state index is 10.9. The van der Waals surface area contributed by atoms with Crippen molar-refractivity contribution in [3.63, 3.8) is 0 Å². The van der Waals surface area contributed by atoms with Gasteiger partial charge >= 0.3 is 5.97 Å². The van der Waals surface area contributed by atoms with E-state index < -0.39 is 5.97 Å². The first-order valence-corrected chi connectivity index (χ1v) is 7.23. The Morgan fingerprint density at radius 2 is 2.10 bits per heavy atom. The van der Waals surface area contributed by atoms with Crippen LogP contribution in [0.5, 0.6) is 0 Å². The van der Waals surface area contributed by atoms with Crippen LogP contribution >= 0.6 is 0 Å². The third-order valence-electron chi connectivity index (χ3n) is 3.44. The molecule has 2 rings (SSSR count). The van der Waals surface area contributed by atoms with Crippen molar-refractivity contribution in [3.05, 3.63) is 24.2 Å². The summed E-state index contributed by atoms with van der Waals surface area (Å²) in [5.41, 5.74) is 1.92. The molecule has 0 bridgehead atoms. The molecule has 0 amide bonds. The Bertz CT molecular complexity index is 634. The zero-order chi connectivity index (χ0) is 15.6. The van der Waals surface area contributed by atoms with Gasteiger partial charge in [0, 0.05) is 25.0 Å². The summed E-state index contributed by atoms with van der Waals surface area (Å²) in [7, 11) is 0. The summed E-state index contributed by atoms with van der Waals surface area (Å²) in [4.78, 5) is 17.3. The molecular formula is C15H22N4O2. The highest BCUT2D eigenvalue weighted by Crippen LogP contribution is 2.24. The fourth-order valence-corrected chi connectivity index (χ4v) is 2.26. The van der Waals surface area contributed by atoms with E-state index >= 15 is 0 Å². The van der Waals surface area contributed by atoms with Crippen molar-refractivity contribution >= 4 is 17.3 Å². The van der Waals surface area contributed by atoms with E-state index in [1.54, 1.807) is 6.20 Å². The molecule has 0 fully saturated rings. The Labute approximate surface area is 124 Å². The highest BCUT2D eigenvalue weighted by Gasteiger charge is 2.18. The molecule has 0 saturated heterocycles. The lowest BCUT2D eigenvalue weighted by Gasteiger charge is -2.27. The minimum absolute atomic E-state index is 0.0894. The maximum absolute atomic E-state index is 10.9. The fourth-order valence-electron chi connectivity index (χ4n) is 2.26. The standard InChI is InChI=1S/C15H22N4O2/c1-10(2)12-9-13-15(16-6-8-19(13)17-12)18(11(3)4)7-5-14(20)21/h6,8-11H,5,7H2,1-4H3,(H,20,21). The van der Waals surface area contributed by atoms with Gasteiger partial charge in [-0.2, -0.15) is 5.10 Å². The van der Waals surface area contributed by atoms with E-state index in [0.29, 0.717) is 12.5 Å². The number of fused-ring (bicyclic) bond motifs is 1. The predicted octanol–water partition coefficient (Wildman–Crippen LogP) is 2.54. The number of aliphatic carboxylic acids is 1. The summed E-state index contributed by atoms with van der Waals surface area (Å²) in [6.07, 6.45) is 3.61. The number of nitrogens with zero attached hydrogens (tertiary/aromatic N) is 4. The van der Waals surface area contributed by atoms with Gasteiger partial charge in [0.1, 0.15) is 5.52 Å². The Morgan fingerprint density at radius 1 is 1.38 bits per heavy atom. The largest absolute Gasteiger partial charge is 0.481 e. The molecule has 6 nitrogen and oxygen atoms in total. The van der Waals surface area contributed by atoms with Gasteiger partial charge in [0.05, 0.1) is 12.1 Å². The van der Waals surface area contributed by atoms with Gasteiger partial charge in [0.15, 0.2) is 5.82 Å². The van der Waals surface area contributed by atoms with Gasteiger partial charge in [-0.15, -0.1) is 0 Å². The van der Waals surface area contributed by atoms with Gasteiger partial charge in [-0.25, -0.2) is 9.50 Å². The van der Waals surface area contributed by atoms with Crippen LogP contribution in [-0.2, 0) is 4.79 Å². The van der Waals surface area contributed by atoms with E-state index in [2.05, 4.69) is 23.9 Å². The van der Waals surface area contributed by atoms with E-state index in [9.17, 15) is 4.79 Å². The van der Waals surface area contributed by atoms with Crippen molar-refractivity contribution in [3.8, 4) is 0 Å². The normalized spacial score (nSPS) is 11.5. The highest BCUT2D eigenvalue weighted by atomic mass is 16.4. The van der Waals surface area contributed by atoms with E-state index in [0.717, 1.165) is 17.0 Å². The smallest absolute Gasteiger partial charge is 0.305 e. The number of carboxylic acids is 1. The van der Waals surface area contributed by atoms with Gasteiger partial charge in [-0.05, 0) is 25.8 Å². The number of carboxylic acid groups (broad SMARTS) is 1. The lowest BCUT2D eigenvalue weighted by Crippen LogP contribution is -2.34. The molecule has 2 aromatic heterocycles. The molecule has 0 aromatic carbocycles. The number of rotatable bonds is 6. The molecule has 0 atom stereocenters. The molecule has 0 aliphatic rings. The average Bonchev–Trinajstić information content (AvgIpc) is 2.83. The summed E-state index contributed by atoms with van der Waals surface area (Å²) in [5.74, 6) is 0.321. The Morgan fingerprint density at radius 3 is 2.67 bits per heavy atom. The van der Waals surface area contributed by atoms with Gasteiger partial charge in [0.2, 0.25) is 0 Å². The third kappa shape index (κ3) is 3.32. The Hall–Kier alpha value is -2.11. The van der Waals surface area contributed by atoms with Crippen LogP contribution in [0, 0.1) is 0 Å². The predicted molar refractivity (Wildman–Crippen MR) is 81.8 cm³/mol. The van der Waals surface area contributed by atoms with Crippen molar-refractivity contribution in [2.45, 2.75) is 46.1 Å². The molecule has 2 aromatic rings. The molecule has 0 aliphatic carbocycles. The molecule has 114 valence electrons. The van der Waals surface area contributed by atoms with E-state index in [4.69, 9.17) is 5.11 Å². The quantitative estimate of drug-likeness (QED) is 0.885. The zero-order valence-electron chi connectivity index (χ0n) is 12.9. The maximum Gasteiger partial charge on any atom is 0.305 e. The van der Waals surface area contributed by atoms with Crippen LogP contribution in [0.4, 0.5) is 5.82 Å². The fraction of sp³-hybridized carbons (Fsp3) is 0.533. The van der Waals surface area contributed by atoms with Crippen molar-refractivity contribution in [2.24, 2.45) is 0 Å². The van der Waals surface area contributed by atoms with E-state index in [1.807, 2.05) is 35.5 Å². The van der Waals surface area contributed by atoms with Gasteiger partial charge in [-0.3, -0.25) is 4.79 Å². The number of anilines is 1. The van der Waals surface area contributed by atoms with E-state index in [-0.39, 0.29) is 12.5 Å². The van der Waals surface area contributed by atoms with Crippen LogP contribution in [0.2, 0.25) is 0 Å². The summed E-state index contributed by atoms with van der Waals surface area (Å²) >= 11 is 0. The molecule has 0 unspecified atom stereocenters. The summed E-state index contributed by atoms with van der Waals surface area (Å²) in [6, 6.07) is 2.20. The van der Waals surface area contributed by atoms with Crippen LogP contribution in [0.3, 0.4) is 0 Å². The van der Waals surface area contributed by atoms with Crippen LogP contribution < -0.4 is 4.90 Å². The molecule has 0 spiro atoms. The van der Waals surface area contributed by atoms with Gasteiger partial charge in [-0.1, -0.05) is 13.8 Å². The number of hydrogen-bond donors (Lipinski definition) is 1. The first-order chi connectivity index (χ1) is 9.90. The summed E-state index contributed by atoms with van der Waals surface area (Å²) < 4.78 is 1.81. The topological polar surface area (TPSA) is 70.7 Å². The molecule has 2 heterocycles. The molecule has 0 aliphatic heterocycles. The molecule has 6 heteroatoms. The lowest BCUT2D eigenvalue weighted by molar-refractivity contribution is -0.136. The second-order valence-corrected chi connectivity index (χ2v) is 5.74. The first kappa shape index (κ1) is 15.3. The number of hydrogen-bond acceptors (Lipinski definition) is 4.